The zero-order valence-electron chi connectivity index (χ0n) is 24.5. The molecular weight excluding hydrogens is 496 g/mol. The minimum atomic E-state index is -0.614. The standard InChI is InChI=1S/C30H40N4O5/c1-18(2)14-25-23(15-31-29(36)39-30(6,7)8)27(22-12-10-19(3)11-13-22)24(20(4)32-25)17-37-28-26(38-21(5)35)16-34(9)33-28/h10-13,16,18H,14-15,17H2,1-9H3,(H,31,36). The van der Waals surface area contributed by atoms with Crippen molar-refractivity contribution in [3.8, 4) is 22.8 Å². The molecule has 9 nitrogen and oxygen atoms in total. The molecule has 1 N–H and O–H groups in total. The van der Waals surface area contributed by atoms with E-state index in [1.165, 1.54) is 11.6 Å². The van der Waals surface area contributed by atoms with E-state index in [0.717, 1.165) is 45.6 Å². The fraction of sp³-hybridized carbons (Fsp3) is 0.467. The average Bonchev–Trinajstić information content (AvgIpc) is 3.14. The zero-order chi connectivity index (χ0) is 28.9. The number of alkyl carbamates (subject to hydrolysis) is 1. The number of ether oxygens (including phenoxy) is 3. The Morgan fingerprint density at radius 1 is 1.08 bits per heavy atom. The molecule has 0 aliphatic rings. The van der Waals surface area contributed by atoms with Crippen molar-refractivity contribution in [3.63, 3.8) is 0 Å². The predicted molar refractivity (Wildman–Crippen MR) is 150 cm³/mol. The van der Waals surface area contributed by atoms with Crippen LogP contribution in [0, 0.1) is 19.8 Å². The lowest BCUT2D eigenvalue weighted by atomic mass is 9.90. The fourth-order valence-corrected chi connectivity index (χ4v) is 4.22. The summed E-state index contributed by atoms with van der Waals surface area (Å²) in [4.78, 5) is 29.2. The summed E-state index contributed by atoms with van der Waals surface area (Å²) in [5.41, 5.74) is 5.94. The second-order valence-electron chi connectivity index (χ2n) is 11.1. The third-order valence-electron chi connectivity index (χ3n) is 5.81. The van der Waals surface area contributed by atoms with Gasteiger partial charge in [0.2, 0.25) is 5.75 Å². The van der Waals surface area contributed by atoms with Crippen molar-refractivity contribution in [1.82, 2.24) is 20.1 Å². The number of hydrogen-bond acceptors (Lipinski definition) is 7. The Balaban J connectivity index is 2.11. The Morgan fingerprint density at radius 3 is 2.33 bits per heavy atom. The van der Waals surface area contributed by atoms with E-state index in [1.54, 1.807) is 13.2 Å². The summed E-state index contributed by atoms with van der Waals surface area (Å²) in [7, 11) is 1.73. The molecule has 2 aromatic heterocycles. The minimum absolute atomic E-state index is 0.134. The van der Waals surface area contributed by atoms with Crippen LogP contribution in [0.1, 0.15) is 69.6 Å². The summed E-state index contributed by atoms with van der Waals surface area (Å²) in [5, 5.41) is 7.25. The van der Waals surface area contributed by atoms with E-state index in [1.807, 2.05) is 34.6 Å². The second kappa shape index (κ2) is 12.3. The second-order valence-corrected chi connectivity index (χ2v) is 11.1. The Hall–Kier alpha value is -3.88. The molecule has 0 radical (unpaired) electrons. The van der Waals surface area contributed by atoms with Gasteiger partial charge < -0.3 is 19.5 Å². The number of hydrogen-bond donors (Lipinski definition) is 1. The summed E-state index contributed by atoms with van der Waals surface area (Å²) in [6, 6.07) is 8.24. The number of amides is 1. The molecule has 3 rings (SSSR count). The Bertz CT molecular complexity index is 1320. The van der Waals surface area contributed by atoms with E-state index in [9.17, 15) is 9.59 Å². The predicted octanol–water partition coefficient (Wildman–Crippen LogP) is 5.83. The third kappa shape index (κ3) is 8.30. The summed E-state index contributed by atoms with van der Waals surface area (Å²) < 4.78 is 18.4. The molecule has 0 unspecified atom stereocenters. The van der Waals surface area contributed by atoms with Crippen LogP contribution in [-0.2, 0) is 36.2 Å². The molecule has 1 aromatic carbocycles. The molecule has 0 saturated carbocycles. The van der Waals surface area contributed by atoms with Crippen molar-refractivity contribution in [2.45, 2.75) is 80.6 Å². The van der Waals surface area contributed by atoms with Gasteiger partial charge in [0.1, 0.15) is 12.2 Å². The molecule has 0 atom stereocenters. The van der Waals surface area contributed by atoms with Crippen LogP contribution in [-0.4, -0.2) is 32.4 Å². The van der Waals surface area contributed by atoms with Crippen LogP contribution in [0.2, 0.25) is 0 Å². The van der Waals surface area contributed by atoms with E-state index in [-0.39, 0.29) is 24.8 Å². The first-order valence-corrected chi connectivity index (χ1v) is 13.1. The Labute approximate surface area is 230 Å². The van der Waals surface area contributed by atoms with E-state index in [4.69, 9.17) is 19.2 Å². The number of aromatic nitrogens is 3. The molecular formula is C30H40N4O5. The van der Waals surface area contributed by atoms with Crippen molar-refractivity contribution >= 4 is 12.1 Å². The molecule has 0 fully saturated rings. The third-order valence-corrected chi connectivity index (χ3v) is 5.81. The van der Waals surface area contributed by atoms with E-state index in [0.29, 0.717) is 5.92 Å². The molecule has 0 aliphatic carbocycles. The van der Waals surface area contributed by atoms with E-state index < -0.39 is 17.7 Å². The largest absolute Gasteiger partial charge is 0.469 e. The molecule has 0 bridgehead atoms. The van der Waals surface area contributed by atoms with Gasteiger partial charge in [-0.3, -0.25) is 14.5 Å². The van der Waals surface area contributed by atoms with Gasteiger partial charge in [-0.05, 0) is 58.1 Å². The van der Waals surface area contributed by atoms with Crippen LogP contribution >= 0.6 is 0 Å². The monoisotopic (exact) mass is 536 g/mol. The molecule has 210 valence electrons. The number of rotatable bonds is 9. The topological polar surface area (TPSA) is 105 Å². The number of pyridine rings is 1. The number of carbonyl (C=O) groups is 2. The summed E-state index contributed by atoms with van der Waals surface area (Å²) in [5.74, 6) is 0.349. The zero-order valence-corrected chi connectivity index (χ0v) is 24.5. The van der Waals surface area contributed by atoms with Gasteiger partial charge in [-0.15, -0.1) is 5.10 Å². The van der Waals surface area contributed by atoms with Gasteiger partial charge in [-0.1, -0.05) is 43.7 Å². The lowest BCUT2D eigenvalue weighted by Crippen LogP contribution is -2.32. The van der Waals surface area contributed by atoms with Crippen LogP contribution in [0.4, 0.5) is 4.79 Å². The maximum absolute atomic E-state index is 12.6. The van der Waals surface area contributed by atoms with Crippen molar-refractivity contribution in [2.24, 2.45) is 13.0 Å². The molecule has 3 aromatic rings. The van der Waals surface area contributed by atoms with Crippen molar-refractivity contribution < 1.29 is 23.8 Å². The van der Waals surface area contributed by atoms with Gasteiger partial charge in [0.15, 0.2) is 0 Å². The molecule has 0 spiro atoms. The molecule has 1 amide bonds. The Morgan fingerprint density at radius 2 is 1.74 bits per heavy atom. The smallest absolute Gasteiger partial charge is 0.407 e. The number of carbonyl (C=O) groups excluding carboxylic acids is 2. The normalized spacial score (nSPS) is 11.4. The number of esters is 1. The first kappa shape index (κ1) is 29.7. The highest BCUT2D eigenvalue weighted by molar-refractivity contribution is 5.74. The molecule has 0 aliphatic heterocycles. The number of aryl methyl sites for hydroxylation is 3. The van der Waals surface area contributed by atoms with Crippen LogP contribution < -0.4 is 14.8 Å². The van der Waals surface area contributed by atoms with Gasteiger partial charge in [-0.25, -0.2) is 4.79 Å². The summed E-state index contributed by atoms with van der Waals surface area (Å²) in [6.07, 6.45) is 1.83. The highest BCUT2D eigenvalue weighted by Gasteiger charge is 2.23. The van der Waals surface area contributed by atoms with Gasteiger partial charge in [0.25, 0.3) is 5.88 Å². The average molecular weight is 537 g/mol. The lowest BCUT2D eigenvalue weighted by molar-refractivity contribution is -0.132. The Kier molecular flexibility index (Phi) is 9.37. The molecule has 39 heavy (non-hydrogen) atoms. The molecule has 2 heterocycles. The fourth-order valence-electron chi connectivity index (χ4n) is 4.22. The minimum Gasteiger partial charge on any atom is -0.469 e. The van der Waals surface area contributed by atoms with E-state index >= 15 is 0 Å². The van der Waals surface area contributed by atoms with Gasteiger partial charge in [-0.2, -0.15) is 0 Å². The van der Waals surface area contributed by atoms with Crippen LogP contribution in [0.15, 0.2) is 30.5 Å². The van der Waals surface area contributed by atoms with Crippen LogP contribution in [0.3, 0.4) is 0 Å². The number of nitrogens with one attached hydrogen (secondary N) is 1. The molecule has 9 heteroatoms. The quantitative estimate of drug-likeness (QED) is 0.343. The lowest BCUT2D eigenvalue weighted by Gasteiger charge is -2.23. The van der Waals surface area contributed by atoms with Gasteiger partial charge >= 0.3 is 12.1 Å². The first-order chi connectivity index (χ1) is 18.2. The molecule has 0 saturated heterocycles. The van der Waals surface area contributed by atoms with Crippen molar-refractivity contribution in [1.29, 1.82) is 0 Å². The number of nitrogens with zero attached hydrogens (tertiary/aromatic N) is 3. The van der Waals surface area contributed by atoms with Gasteiger partial charge in [0.05, 0.1) is 6.20 Å². The first-order valence-electron chi connectivity index (χ1n) is 13.1. The van der Waals surface area contributed by atoms with E-state index in [2.05, 4.69) is 48.5 Å². The highest BCUT2D eigenvalue weighted by atomic mass is 16.6. The van der Waals surface area contributed by atoms with Crippen LogP contribution in [0.25, 0.3) is 11.1 Å². The SMILES string of the molecule is CC(=O)Oc1cn(C)nc1OCc1c(C)nc(CC(C)C)c(CNC(=O)OC(C)(C)C)c1-c1ccc(C)cc1. The summed E-state index contributed by atoms with van der Waals surface area (Å²) in [6.45, 7) is 15.5. The maximum atomic E-state index is 12.6. The summed E-state index contributed by atoms with van der Waals surface area (Å²) >= 11 is 0. The van der Waals surface area contributed by atoms with Crippen molar-refractivity contribution in [2.75, 3.05) is 0 Å². The van der Waals surface area contributed by atoms with Crippen molar-refractivity contribution in [3.05, 3.63) is 58.5 Å². The van der Waals surface area contributed by atoms with Gasteiger partial charge in [0, 0.05) is 43.0 Å². The highest BCUT2D eigenvalue weighted by Crippen LogP contribution is 2.34. The van der Waals surface area contributed by atoms with Crippen LogP contribution in [0.5, 0.6) is 11.6 Å². The maximum Gasteiger partial charge on any atom is 0.407 e. The number of benzene rings is 1.